The van der Waals surface area contributed by atoms with Crippen molar-refractivity contribution in [3.63, 3.8) is 0 Å². The minimum atomic E-state index is -0.843. The second kappa shape index (κ2) is 6.23. The molecule has 1 rings (SSSR count). The van der Waals surface area contributed by atoms with E-state index in [2.05, 4.69) is 10.3 Å². The van der Waals surface area contributed by atoms with Crippen molar-refractivity contribution in [2.24, 2.45) is 5.73 Å². The maximum absolute atomic E-state index is 11.7. The molecule has 6 heteroatoms. The Balaban J connectivity index is 2.65. The van der Waals surface area contributed by atoms with Gasteiger partial charge in [-0.25, -0.2) is 0 Å². The molecule has 0 bridgehead atoms. The molecule has 2 amide bonds. The first-order chi connectivity index (χ1) is 8.15. The number of carbonyl (C=O) groups excluding carboxylic acids is 2. The van der Waals surface area contributed by atoms with Gasteiger partial charge in [-0.3, -0.25) is 14.6 Å². The average Bonchev–Trinajstić information content (AvgIpc) is 2.35. The maximum atomic E-state index is 11.7. The van der Waals surface area contributed by atoms with Gasteiger partial charge in [0, 0.05) is 12.6 Å². The predicted molar refractivity (Wildman–Crippen MR) is 59.5 cm³/mol. The van der Waals surface area contributed by atoms with Crippen LogP contribution in [0.2, 0.25) is 0 Å². The second-order valence-electron chi connectivity index (χ2n) is 3.34. The molecule has 0 aliphatic heterocycles. The molecule has 0 saturated heterocycles. The Morgan fingerprint density at radius 2 is 2.29 bits per heavy atom. The Morgan fingerprint density at radius 1 is 1.53 bits per heavy atom. The summed E-state index contributed by atoms with van der Waals surface area (Å²) >= 11 is 0. The Hall–Kier alpha value is -2.42. The van der Waals surface area contributed by atoms with E-state index in [1.165, 1.54) is 12.3 Å². The molecule has 3 N–H and O–H groups in total. The maximum Gasteiger partial charge on any atom is 0.270 e. The topological polar surface area (TPSA) is 109 Å². The van der Waals surface area contributed by atoms with E-state index >= 15 is 0 Å². The van der Waals surface area contributed by atoms with Crippen molar-refractivity contribution in [1.29, 1.82) is 5.26 Å². The molecular formula is C11H12N4O2. The van der Waals surface area contributed by atoms with E-state index in [1.807, 2.05) is 6.07 Å². The first kappa shape index (κ1) is 12.6. The highest BCUT2D eigenvalue weighted by Gasteiger charge is 2.18. The number of aromatic nitrogens is 1. The van der Waals surface area contributed by atoms with Crippen LogP contribution in [-0.4, -0.2) is 22.8 Å². The van der Waals surface area contributed by atoms with E-state index < -0.39 is 17.9 Å². The molecule has 17 heavy (non-hydrogen) atoms. The van der Waals surface area contributed by atoms with Crippen LogP contribution in [0.5, 0.6) is 0 Å². The molecule has 1 aromatic rings. The lowest BCUT2D eigenvalue weighted by Gasteiger charge is -2.13. The predicted octanol–water partition coefficient (Wildman–Crippen LogP) is -0.0309. The number of amides is 2. The van der Waals surface area contributed by atoms with Crippen LogP contribution in [0.4, 0.5) is 0 Å². The number of hydrogen-bond donors (Lipinski definition) is 2. The van der Waals surface area contributed by atoms with Gasteiger partial charge in [0.2, 0.25) is 5.91 Å². The van der Waals surface area contributed by atoms with E-state index in [-0.39, 0.29) is 18.5 Å². The van der Waals surface area contributed by atoms with Gasteiger partial charge >= 0.3 is 0 Å². The number of nitrogens with two attached hydrogens (primary N) is 1. The van der Waals surface area contributed by atoms with E-state index in [0.29, 0.717) is 0 Å². The van der Waals surface area contributed by atoms with Crippen molar-refractivity contribution in [3.8, 4) is 6.07 Å². The molecule has 0 aliphatic rings. The highest BCUT2D eigenvalue weighted by Crippen LogP contribution is 1.99. The Bertz CT molecular complexity index is 439. The number of nitrogens with one attached hydrogen (secondary N) is 1. The van der Waals surface area contributed by atoms with Crippen molar-refractivity contribution < 1.29 is 9.59 Å². The lowest BCUT2D eigenvalue weighted by molar-refractivity contribution is -0.119. The van der Waals surface area contributed by atoms with Crippen LogP contribution in [0, 0.1) is 11.3 Å². The highest BCUT2D eigenvalue weighted by molar-refractivity contribution is 5.95. The molecule has 0 spiro atoms. The van der Waals surface area contributed by atoms with Crippen molar-refractivity contribution in [2.75, 3.05) is 0 Å². The Morgan fingerprint density at radius 3 is 2.82 bits per heavy atom. The first-order valence-electron chi connectivity index (χ1n) is 5.03. The molecule has 0 fully saturated rings. The average molecular weight is 232 g/mol. The SMILES string of the molecule is N#CCC[C@@H](NC(=O)c1ccccn1)C(N)=O. The molecule has 0 radical (unpaired) electrons. The minimum Gasteiger partial charge on any atom is -0.368 e. The van der Waals surface area contributed by atoms with Crippen LogP contribution in [0.1, 0.15) is 23.3 Å². The summed E-state index contributed by atoms with van der Waals surface area (Å²) in [5, 5.41) is 10.9. The van der Waals surface area contributed by atoms with Gasteiger partial charge in [0.25, 0.3) is 5.91 Å². The van der Waals surface area contributed by atoms with Gasteiger partial charge in [-0.05, 0) is 18.6 Å². The number of rotatable bonds is 5. The van der Waals surface area contributed by atoms with Crippen LogP contribution in [0.15, 0.2) is 24.4 Å². The summed E-state index contributed by atoms with van der Waals surface area (Å²) in [6.45, 7) is 0. The van der Waals surface area contributed by atoms with Gasteiger partial charge in [-0.1, -0.05) is 6.07 Å². The van der Waals surface area contributed by atoms with Crippen LogP contribution in [-0.2, 0) is 4.79 Å². The number of nitriles is 1. The molecule has 1 atom stereocenters. The standard InChI is InChI=1S/C11H12N4O2/c12-6-3-5-8(10(13)16)15-11(17)9-4-1-2-7-14-9/h1-2,4,7-8H,3,5H2,(H2,13,16)(H,15,17)/t8-/m1/s1. The van der Waals surface area contributed by atoms with Crippen LogP contribution < -0.4 is 11.1 Å². The van der Waals surface area contributed by atoms with Gasteiger partial charge in [-0.15, -0.1) is 0 Å². The third-order valence-corrected chi connectivity index (χ3v) is 2.09. The van der Waals surface area contributed by atoms with Gasteiger partial charge in [0.15, 0.2) is 0 Å². The molecule has 0 aromatic carbocycles. The van der Waals surface area contributed by atoms with E-state index in [1.54, 1.807) is 12.1 Å². The smallest absolute Gasteiger partial charge is 0.270 e. The van der Waals surface area contributed by atoms with Crippen molar-refractivity contribution in [3.05, 3.63) is 30.1 Å². The summed E-state index contributed by atoms with van der Waals surface area (Å²) in [5.74, 6) is -1.14. The summed E-state index contributed by atoms with van der Waals surface area (Å²) < 4.78 is 0. The molecule has 88 valence electrons. The largest absolute Gasteiger partial charge is 0.368 e. The van der Waals surface area contributed by atoms with Gasteiger partial charge < -0.3 is 11.1 Å². The Labute approximate surface area is 98.4 Å². The number of hydrogen-bond acceptors (Lipinski definition) is 4. The quantitative estimate of drug-likeness (QED) is 0.742. The first-order valence-corrected chi connectivity index (χ1v) is 5.03. The molecule has 0 unspecified atom stereocenters. The number of carbonyl (C=O) groups is 2. The fraction of sp³-hybridized carbons (Fsp3) is 0.273. The zero-order valence-electron chi connectivity index (χ0n) is 9.09. The summed E-state index contributed by atoms with van der Waals surface area (Å²) in [4.78, 5) is 26.6. The van der Waals surface area contributed by atoms with E-state index in [0.717, 1.165) is 0 Å². The fourth-order valence-corrected chi connectivity index (χ4v) is 1.22. The molecule has 0 aliphatic carbocycles. The second-order valence-corrected chi connectivity index (χ2v) is 3.34. The lowest BCUT2D eigenvalue weighted by Crippen LogP contribution is -2.44. The van der Waals surface area contributed by atoms with Crippen molar-refractivity contribution in [1.82, 2.24) is 10.3 Å². The van der Waals surface area contributed by atoms with Crippen LogP contribution >= 0.6 is 0 Å². The number of nitrogens with zero attached hydrogens (tertiary/aromatic N) is 2. The number of primary amides is 1. The third-order valence-electron chi connectivity index (χ3n) is 2.09. The summed E-state index contributed by atoms with van der Waals surface area (Å²) in [6.07, 6.45) is 1.82. The van der Waals surface area contributed by atoms with Crippen molar-refractivity contribution in [2.45, 2.75) is 18.9 Å². The van der Waals surface area contributed by atoms with Crippen molar-refractivity contribution >= 4 is 11.8 Å². The molecule has 0 saturated carbocycles. The molecular weight excluding hydrogens is 220 g/mol. The van der Waals surface area contributed by atoms with Gasteiger partial charge in [-0.2, -0.15) is 5.26 Å². The van der Waals surface area contributed by atoms with Crippen LogP contribution in [0.25, 0.3) is 0 Å². The van der Waals surface area contributed by atoms with Crippen LogP contribution in [0.3, 0.4) is 0 Å². The zero-order chi connectivity index (χ0) is 12.7. The van der Waals surface area contributed by atoms with Gasteiger partial charge in [0.1, 0.15) is 11.7 Å². The van der Waals surface area contributed by atoms with E-state index in [9.17, 15) is 9.59 Å². The molecule has 1 heterocycles. The summed E-state index contributed by atoms with van der Waals surface area (Å²) in [6, 6.07) is 5.92. The Kier molecular flexibility index (Phi) is 4.63. The lowest BCUT2D eigenvalue weighted by atomic mass is 10.1. The monoisotopic (exact) mass is 232 g/mol. The highest BCUT2D eigenvalue weighted by atomic mass is 16.2. The normalized spacial score (nSPS) is 11.2. The molecule has 1 aromatic heterocycles. The third kappa shape index (κ3) is 3.91. The van der Waals surface area contributed by atoms with Gasteiger partial charge in [0.05, 0.1) is 6.07 Å². The molecule has 6 nitrogen and oxygen atoms in total. The fourth-order valence-electron chi connectivity index (χ4n) is 1.22. The number of pyridine rings is 1. The van der Waals surface area contributed by atoms with E-state index in [4.69, 9.17) is 11.0 Å². The summed E-state index contributed by atoms with van der Waals surface area (Å²) in [7, 11) is 0. The zero-order valence-corrected chi connectivity index (χ0v) is 9.09. The summed E-state index contributed by atoms with van der Waals surface area (Å²) in [5.41, 5.74) is 5.32. The minimum absolute atomic E-state index is 0.149.